The predicted octanol–water partition coefficient (Wildman–Crippen LogP) is 3.10. The van der Waals surface area contributed by atoms with E-state index in [1.807, 2.05) is 17.8 Å². The van der Waals surface area contributed by atoms with Crippen molar-refractivity contribution < 1.29 is 23.8 Å². The number of ether oxygens (including phenoxy) is 3. The number of hydrogen-bond donors (Lipinski definition) is 1. The van der Waals surface area contributed by atoms with Gasteiger partial charge in [0.05, 0.1) is 11.3 Å². The second-order valence-corrected chi connectivity index (χ2v) is 7.08. The van der Waals surface area contributed by atoms with Crippen LogP contribution in [0.4, 0.5) is 5.69 Å². The molecule has 8 nitrogen and oxygen atoms in total. The van der Waals surface area contributed by atoms with E-state index in [-0.39, 0.29) is 18.5 Å². The highest BCUT2D eigenvalue weighted by atomic mass is 32.2. The number of imidazole rings is 1. The second-order valence-electron chi connectivity index (χ2n) is 6.14. The molecular formula is C20H17N3O5S. The van der Waals surface area contributed by atoms with Crippen molar-refractivity contribution in [2.45, 2.75) is 5.16 Å². The summed E-state index contributed by atoms with van der Waals surface area (Å²) in [5.74, 6) is 1.09. The first-order valence-corrected chi connectivity index (χ1v) is 9.69. The fourth-order valence-electron chi connectivity index (χ4n) is 2.61. The van der Waals surface area contributed by atoms with Crippen molar-refractivity contribution in [3.63, 3.8) is 0 Å². The van der Waals surface area contributed by atoms with Crippen LogP contribution >= 0.6 is 11.8 Å². The molecule has 0 saturated heterocycles. The Morgan fingerprint density at radius 1 is 1.17 bits per heavy atom. The van der Waals surface area contributed by atoms with Gasteiger partial charge in [-0.3, -0.25) is 4.79 Å². The van der Waals surface area contributed by atoms with E-state index in [2.05, 4.69) is 10.3 Å². The highest BCUT2D eigenvalue weighted by molar-refractivity contribution is 7.99. The smallest absolute Gasteiger partial charge is 0.343 e. The van der Waals surface area contributed by atoms with Gasteiger partial charge in [0.1, 0.15) is 5.75 Å². The maximum absolute atomic E-state index is 12.3. The number of anilines is 1. The van der Waals surface area contributed by atoms with Crippen LogP contribution in [0.15, 0.2) is 60.0 Å². The fraction of sp³-hybridized carbons (Fsp3) is 0.150. The average molecular weight is 411 g/mol. The zero-order valence-electron chi connectivity index (χ0n) is 15.5. The van der Waals surface area contributed by atoms with Gasteiger partial charge in [-0.25, -0.2) is 9.78 Å². The van der Waals surface area contributed by atoms with Gasteiger partial charge in [-0.05, 0) is 36.4 Å². The van der Waals surface area contributed by atoms with Gasteiger partial charge in [-0.2, -0.15) is 0 Å². The standard InChI is InChI=1S/C20H17N3O5S/c1-23-9-8-21-20(23)29-11-18(24)22-14-4-2-13(3-5-14)19(25)28-15-6-7-16-17(10-15)27-12-26-16/h2-10H,11-12H2,1H3,(H,22,24). The quantitative estimate of drug-likeness (QED) is 0.379. The number of aromatic nitrogens is 2. The van der Waals surface area contributed by atoms with E-state index in [1.165, 1.54) is 11.8 Å². The minimum atomic E-state index is -0.507. The highest BCUT2D eigenvalue weighted by Crippen LogP contribution is 2.35. The lowest BCUT2D eigenvalue weighted by molar-refractivity contribution is -0.113. The molecular weight excluding hydrogens is 394 g/mol. The molecule has 0 bridgehead atoms. The number of benzene rings is 2. The molecule has 148 valence electrons. The minimum Gasteiger partial charge on any atom is -0.454 e. The third kappa shape index (κ3) is 4.52. The zero-order chi connectivity index (χ0) is 20.2. The molecule has 0 radical (unpaired) electrons. The number of nitrogens with one attached hydrogen (secondary N) is 1. The highest BCUT2D eigenvalue weighted by Gasteiger charge is 2.16. The number of fused-ring (bicyclic) bond motifs is 1. The van der Waals surface area contributed by atoms with Gasteiger partial charge in [-0.1, -0.05) is 11.8 Å². The van der Waals surface area contributed by atoms with Crippen LogP contribution in [0.3, 0.4) is 0 Å². The van der Waals surface area contributed by atoms with Crippen LogP contribution in [0.25, 0.3) is 0 Å². The molecule has 0 fully saturated rings. The lowest BCUT2D eigenvalue weighted by Gasteiger charge is -2.07. The van der Waals surface area contributed by atoms with E-state index in [1.54, 1.807) is 48.7 Å². The molecule has 4 rings (SSSR count). The number of carbonyl (C=O) groups excluding carboxylic acids is 2. The van der Waals surface area contributed by atoms with Gasteiger partial charge in [0.25, 0.3) is 0 Å². The van der Waals surface area contributed by atoms with Crippen LogP contribution in [0.1, 0.15) is 10.4 Å². The van der Waals surface area contributed by atoms with E-state index in [0.29, 0.717) is 28.5 Å². The lowest BCUT2D eigenvalue weighted by Crippen LogP contribution is -2.15. The Bertz CT molecular complexity index is 1050. The van der Waals surface area contributed by atoms with E-state index < -0.39 is 5.97 Å². The van der Waals surface area contributed by atoms with Crippen LogP contribution < -0.4 is 19.5 Å². The van der Waals surface area contributed by atoms with Gasteiger partial charge in [-0.15, -0.1) is 0 Å². The van der Waals surface area contributed by atoms with Crippen LogP contribution in [0.5, 0.6) is 17.2 Å². The Morgan fingerprint density at radius 3 is 2.72 bits per heavy atom. The van der Waals surface area contributed by atoms with Crippen molar-refractivity contribution in [3.05, 3.63) is 60.4 Å². The van der Waals surface area contributed by atoms with Crippen LogP contribution in [0.2, 0.25) is 0 Å². The Morgan fingerprint density at radius 2 is 1.97 bits per heavy atom. The molecule has 0 spiro atoms. The maximum Gasteiger partial charge on any atom is 0.343 e. The summed E-state index contributed by atoms with van der Waals surface area (Å²) in [4.78, 5) is 28.6. The molecule has 2 heterocycles. The molecule has 0 atom stereocenters. The lowest BCUT2D eigenvalue weighted by atomic mass is 10.2. The number of amides is 1. The van der Waals surface area contributed by atoms with Crippen molar-refractivity contribution in [2.75, 3.05) is 17.9 Å². The molecule has 1 aliphatic rings. The fourth-order valence-corrected chi connectivity index (χ4v) is 3.35. The van der Waals surface area contributed by atoms with E-state index >= 15 is 0 Å². The Hall–Kier alpha value is -3.46. The number of nitrogens with zero attached hydrogens (tertiary/aromatic N) is 2. The molecule has 9 heteroatoms. The molecule has 1 N–H and O–H groups in total. The first-order chi connectivity index (χ1) is 14.1. The summed E-state index contributed by atoms with van der Waals surface area (Å²) in [6.07, 6.45) is 3.50. The Balaban J connectivity index is 1.31. The zero-order valence-corrected chi connectivity index (χ0v) is 16.3. The van der Waals surface area contributed by atoms with Crippen LogP contribution in [-0.2, 0) is 11.8 Å². The largest absolute Gasteiger partial charge is 0.454 e. The van der Waals surface area contributed by atoms with Crippen molar-refractivity contribution in [1.29, 1.82) is 0 Å². The summed E-state index contributed by atoms with van der Waals surface area (Å²) >= 11 is 1.35. The number of hydrogen-bond acceptors (Lipinski definition) is 7. The van der Waals surface area contributed by atoms with Crippen LogP contribution in [-0.4, -0.2) is 34.0 Å². The van der Waals surface area contributed by atoms with Gasteiger partial charge in [0.2, 0.25) is 12.7 Å². The molecule has 1 amide bonds. The SMILES string of the molecule is Cn1ccnc1SCC(=O)Nc1ccc(C(=O)Oc2ccc3c(c2)OCO3)cc1. The molecule has 29 heavy (non-hydrogen) atoms. The number of esters is 1. The van der Waals surface area contributed by atoms with Crippen molar-refractivity contribution in [1.82, 2.24) is 9.55 Å². The number of thioether (sulfide) groups is 1. The summed E-state index contributed by atoms with van der Waals surface area (Å²) in [6, 6.07) is 11.4. The van der Waals surface area contributed by atoms with E-state index in [9.17, 15) is 9.59 Å². The average Bonchev–Trinajstić information content (AvgIpc) is 3.35. The second kappa shape index (κ2) is 8.27. The molecule has 2 aromatic carbocycles. The predicted molar refractivity (Wildman–Crippen MR) is 107 cm³/mol. The molecule has 0 unspecified atom stereocenters. The van der Waals surface area contributed by atoms with Gasteiger partial charge in [0.15, 0.2) is 16.7 Å². The third-order valence-corrected chi connectivity index (χ3v) is 5.13. The number of rotatable bonds is 6. The van der Waals surface area contributed by atoms with Crippen LogP contribution in [0, 0.1) is 0 Å². The van der Waals surface area contributed by atoms with Gasteiger partial charge in [0, 0.05) is 31.2 Å². The summed E-state index contributed by atoms with van der Waals surface area (Å²) in [7, 11) is 1.87. The first kappa shape index (κ1) is 18.9. The molecule has 0 aliphatic carbocycles. The Labute approximate surface area is 170 Å². The summed E-state index contributed by atoms with van der Waals surface area (Å²) in [5.41, 5.74) is 0.957. The molecule has 0 saturated carbocycles. The van der Waals surface area contributed by atoms with Gasteiger partial charge < -0.3 is 24.1 Å². The van der Waals surface area contributed by atoms with E-state index in [4.69, 9.17) is 14.2 Å². The summed E-state index contributed by atoms with van der Waals surface area (Å²) in [6.45, 7) is 0.153. The van der Waals surface area contributed by atoms with E-state index in [0.717, 1.165) is 5.16 Å². The molecule has 1 aliphatic heterocycles. The molecule has 1 aromatic heterocycles. The molecule has 3 aromatic rings. The Kier molecular flexibility index (Phi) is 5.39. The first-order valence-electron chi connectivity index (χ1n) is 8.70. The van der Waals surface area contributed by atoms with Crippen molar-refractivity contribution in [3.8, 4) is 17.2 Å². The minimum absolute atomic E-state index is 0.153. The number of carbonyl (C=O) groups is 2. The van der Waals surface area contributed by atoms with Crippen molar-refractivity contribution in [2.24, 2.45) is 7.05 Å². The third-order valence-electron chi connectivity index (χ3n) is 4.07. The maximum atomic E-state index is 12.3. The van der Waals surface area contributed by atoms with Crippen molar-refractivity contribution >= 4 is 29.3 Å². The number of aryl methyl sites for hydroxylation is 1. The van der Waals surface area contributed by atoms with Gasteiger partial charge >= 0.3 is 5.97 Å². The monoisotopic (exact) mass is 411 g/mol. The summed E-state index contributed by atoms with van der Waals surface area (Å²) < 4.78 is 17.7. The topological polar surface area (TPSA) is 91.7 Å². The summed E-state index contributed by atoms with van der Waals surface area (Å²) in [5, 5.41) is 3.55. The normalized spacial score (nSPS) is 11.9.